The summed E-state index contributed by atoms with van der Waals surface area (Å²) in [5, 5.41) is 1.79. The van der Waals surface area contributed by atoms with Gasteiger partial charge in [-0.05, 0) is 36.8 Å². The van der Waals surface area contributed by atoms with Crippen LogP contribution in [-0.4, -0.2) is 12.8 Å². The number of halogens is 1. The van der Waals surface area contributed by atoms with Crippen molar-refractivity contribution in [1.82, 2.24) is 4.98 Å². The average Bonchev–Trinajstić information content (AvgIpc) is 2.77. The molecule has 0 saturated heterocycles. The van der Waals surface area contributed by atoms with Gasteiger partial charge >= 0.3 is 0 Å². The molecule has 0 aliphatic carbocycles. The van der Waals surface area contributed by atoms with Crippen molar-refractivity contribution in [2.75, 3.05) is 0 Å². The standard InChI is InChI=1S/C15H11BClNS/c1-9-18-15-13(11-3-2-4-12(17)7-11)5-10(8-16)6-14(15)19-9/h2-7H,8H2,1H3. The first kappa shape index (κ1) is 12.7. The molecule has 1 aromatic heterocycles. The second kappa shape index (κ2) is 4.99. The molecule has 92 valence electrons. The number of aromatic nitrogens is 1. The summed E-state index contributed by atoms with van der Waals surface area (Å²) in [5.41, 5.74) is 4.33. The van der Waals surface area contributed by atoms with E-state index in [1.54, 1.807) is 11.3 Å². The third-order valence-corrected chi connectivity index (χ3v) is 4.19. The molecule has 1 nitrogen and oxygen atoms in total. The normalized spacial score (nSPS) is 11.1. The minimum atomic E-state index is 0.528. The van der Waals surface area contributed by atoms with Crippen molar-refractivity contribution in [2.24, 2.45) is 0 Å². The second-order valence-corrected chi connectivity index (χ2v) is 6.11. The van der Waals surface area contributed by atoms with Crippen LogP contribution in [0.15, 0.2) is 36.4 Å². The van der Waals surface area contributed by atoms with Gasteiger partial charge in [0.15, 0.2) is 0 Å². The Bertz CT molecular complexity index is 751. The van der Waals surface area contributed by atoms with Gasteiger partial charge in [-0.15, -0.1) is 11.3 Å². The van der Waals surface area contributed by atoms with Crippen molar-refractivity contribution in [3.8, 4) is 11.1 Å². The van der Waals surface area contributed by atoms with Gasteiger partial charge in [-0.2, -0.15) is 0 Å². The monoisotopic (exact) mass is 283 g/mol. The Hall–Kier alpha value is -1.32. The van der Waals surface area contributed by atoms with Crippen LogP contribution < -0.4 is 0 Å². The van der Waals surface area contributed by atoms with E-state index in [-0.39, 0.29) is 0 Å². The van der Waals surface area contributed by atoms with Crippen molar-refractivity contribution in [3.05, 3.63) is 52.0 Å². The van der Waals surface area contributed by atoms with Crippen LogP contribution in [0.1, 0.15) is 10.6 Å². The van der Waals surface area contributed by atoms with Gasteiger partial charge < -0.3 is 0 Å². The van der Waals surface area contributed by atoms with Gasteiger partial charge in [0.25, 0.3) is 0 Å². The first-order valence-corrected chi connectivity index (χ1v) is 7.23. The lowest BCUT2D eigenvalue weighted by atomic mass is 9.93. The number of fused-ring (bicyclic) bond motifs is 1. The highest BCUT2D eigenvalue weighted by atomic mass is 35.5. The third kappa shape index (κ3) is 2.40. The second-order valence-electron chi connectivity index (χ2n) is 4.44. The summed E-state index contributed by atoms with van der Waals surface area (Å²) in [6.45, 7) is 2.02. The summed E-state index contributed by atoms with van der Waals surface area (Å²) in [6.07, 6.45) is 0.528. The maximum atomic E-state index is 6.08. The Morgan fingerprint density at radius 3 is 2.84 bits per heavy atom. The molecule has 0 atom stereocenters. The van der Waals surface area contributed by atoms with Crippen molar-refractivity contribution in [1.29, 1.82) is 0 Å². The van der Waals surface area contributed by atoms with Crippen molar-refractivity contribution in [2.45, 2.75) is 13.2 Å². The zero-order chi connectivity index (χ0) is 13.4. The number of hydrogen-bond donors (Lipinski definition) is 0. The molecule has 1 heterocycles. The Morgan fingerprint density at radius 1 is 1.26 bits per heavy atom. The Labute approximate surface area is 122 Å². The molecule has 0 unspecified atom stereocenters. The lowest BCUT2D eigenvalue weighted by Gasteiger charge is -2.06. The highest BCUT2D eigenvalue weighted by Gasteiger charge is 2.10. The van der Waals surface area contributed by atoms with Gasteiger partial charge in [0.1, 0.15) is 0 Å². The predicted octanol–water partition coefficient (Wildman–Crippen LogP) is 4.59. The molecule has 19 heavy (non-hydrogen) atoms. The molecule has 0 aliphatic rings. The summed E-state index contributed by atoms with van der Waals surface area (Å²) in [7, 11) is 5.78. The smallest absolute Gasteiger partial charge is 0.0908 e. The van der Waals surface area contributed by atoms with Crippen LogP contribution in [-0.2, 0) is 6.32 Å². The summed E-state index contributed by atoms with van der Waals surface area (Å²) in [4.78, 5) is 4.63. The summed E-state index contributed by atoms with van der Waals surface area (Å²) in [6, 6.07) is 12.1. The molecule has 0 spiro atoms. The van der Waals surface area contributed by atoms with E-state index in [4.69, 9.17) is 19.4 Å². The Balaban J connectivity index is 2.32. The van der Waals surface area contributed by atoms with E-state index in [0.29, 0.717) is 6.32 Å². The summed E-state index contributed by atoms with van der Waals surface area (Å²) < 4.78 is 1.18. The lowest BCUT2D eigenvalue weighted by molar-refractivity contribution is 1.34. The minimum absolute atomic E-state index is 0.528. The molecule has 2 radical (unpaired) electrons. The summed E-state index contributed by atoms with van der Waals surface area (Å²) in [5.74, 6) is 0. The van der Waals surface area contributed by atoms with Crippen molar-refractivity contribution < 1.29 is 0 Å². The number of benzene rings is 2. The van der Waals surface area contributed by atoms with E-state index in [2.05, 4.69) is 23.2 Å². The fourth-order valence-electron chi connectivity index (χ4n) is 2.19. The zero-order valence-corrected chi connectivity index (χ0v) is 12.1. The lowest BCUT2D eigenvalue weighted by Crippen LogP contribution is -1.87. The fraction of sp³-hybridized carbons (Fsp3) is 0.133. The molecule has 0 saturated carbocycles. The SMILES string of the molecule is [B]Cc1cc(-c2cccc(Cl)c2)c2nc(C)sc2c1. The topological polar surface area (TPSA) is 12.9 Å². The molecule has 0 N–H and O–H groups in total. The van der Waals surface area contributed by atoms with Crippen LogP contribution in [0.3, 0.4) is 0 Å². The van der Waals surface area contributed by atoms with Gasteiger partial charge in [0.2, 0.25) is 0 Å². The number of thiazole rings is 1. The van der Waals surface area contributed by atoms with Crippen molar-refractivity contribution >= 4 is 41.0 Å². The third-order valence-electron chi connectivity index (χ3n) is 3.03. The van der Waals surface area contributed by atoms with E-state index < -0.39 is 0 Å². The molecular weight excluding hydrogens is 273 g/mol. The average molecular weight is 284 g/mol. The van der Waals surface area contributed by atoms with Crippen LogP contribution >= 0.6 is 22.9 Å². The first-order chi connectivity index (χ1) is 9.17. The molecule has 4 heteroatoms. The highest BCUT2D eigenvalue weighted by molar-refractivity contribution is 7.18. The molecule has 3 aromatic rings. The van der Waals surface area contributed by atoms with Crippen molar-refractivity contribution in [3.63, 3.8) is 0 Å². The van der Waals surface area contributed by atoms with Crippen LogP contribution in [0.2, 0.25) is 5.02 Å². The van der Waals surface area contributed by atoms with Gasteiger partial charge in [-0.25, -0.2) is 4.98 Å². The van der Waals surface area contributed by atoms with E-state index in [0.717, 1.165) is 32.2 Å². The Kier molecular flexibility index (Phi) is 3.34. The maximum Gasteiger partial charge on any atom is 0.0908 e. The molecule has 0 fully saturated rings. The van der Waals surface area contributed by atoms with Crippen LogP contribution in [0.5, 0.6) is 0 Å². The summed E-state index contributed by atoms with van der Waals surface area (Å²) >= 11 is 7.78. The molecule has 3 rings (SSSR count). The minimum Gasteiger partial charge on any atom is -0.241 e. The van der Waals surface area contributed by atoms with Gasteiger partial charge in [-0.3, -0.25) is 0 Å². The maximum absolute atomic E-state index is 6.08. The number of hydrogen-bond acceptors (Lipinski definition) is 2. The van der Waals surface area contributed by atoms with E-state index in [1.807, 2.05) is 25.1 Å². The number of nitrogens with zero attached hydrogens (tertiary/aromatic N) is 1. The van der Waals surface area contributed by atoms with E-state index in [9.17, 15) is 0 Å². The quantitative estimate of drug-likeness (QED) is 0.627. The van der Waals surface area contributed by atoms with Crippen LogP contribution in [0, 0.1) is 6.92 Å². The molecule has 0 amide bonds. The van der Waals surface area contributed by atoms with Gasteiger partial charge in [-0.1, -0.05) is 35.6 Å². The number of aryl methyl sites for hydroxylation is 1. The highest BCUT2D eigenvalue weighted by Crippen LogP contribution is 2.33. The molecule has 2 aromatic carbocycles. The Morgan fingerprint density at radius 2 is 2.11 bits per heavy atom. The molecular formula is C15H11BClNS. The zero-order valence-electron chi connectivity index (χ0n) is 10.5. The fourth-order valence-corrected chi connectivity index (χ4v) is 3.30. The van der Waals surface area contributed by atoms with E-state index >= 15 is 0 Å². The van der Waals surface area contributed by atoms with Crippen LogP contribution in [0.4, 0.5) is 0 Å². The molecule has 0 aliphatic heterocycles. The largest absolute Gasteiger partial charge is 0.241 e. The van der Waals surface area contributed by atoms with E-state index in [1.165, 1.54) is 4.70 Å². The van der Waals surface area contributed by atoms with Crippen LogP contribution in [0.25, 0.3) is 21.3 Å². The number of rotatable bonds is 2. The predicted molar refractivity (Wildman–Crippen MR) is 84.3 cm³/mol. The van der Waals surface area contributed by atoms with Gasteiger partial charge in [0, 0.05) is 10.6 Å². The molecule has 0 bridgehead atoms. The van der Waals surface area contributed by atoms with Gasteiger partial charge in [0.05, 0.1) is 23.1 Å². The first-order valence-electron chi connectivity index (χ1n) is 6.03.